The van der Waals surface area contributed by atoms with E-state index in [0.717, 1.165) is 9.13 Å². The van der Waals surface area contributed by atoms with E-state index in [2.05, 4.69) is 42.1 Å². The van der Waals surface area contributed by atoms with Crippen LogP contribution in [-0.2, 0) is 23.9 Å². The first-order valence-electron chi connectivity index (χ1n) is 8.62. The van der Waals surface area contributed by atoms with Crippen molar-refractivity contribution in [2.45, 2.75) is 25.5 Å². The molecule has 0 amide bonds. The molecule has 31 heavy (non-hydrogen) atoms. The number of oxime groups is 1. The summed E-state index contributed by atoms with van der Waals surface area (Å²) in [5, 5.41) is 7.30. The fourth-order valence-corrected chi connectivity index (χ4v) is 2.65. The Balaban J connectivity index is 1.76. The standard InChI is InChI=1S/C19H17F3INO6S/c1-12(24-28-29-30-31-19(20,21)22)14-5-9-17(10-6-14)26-11-18(25)27-13(2)15-3-7-16(23)8-4-15/h3-10,13H,11H2,1-2H3/b24-12+. The van der Waals surface area contributed by atoms with Crippen LogP contribution in [0.2, 0.25) is 0 Å². The van der Waals surface area contributed by atoms with Crippen LogP contribution >= 0.6 is 34.6 Å². The van der Waals surface area contributed by atoms with Crippen molar-refractivity contribution in [3.63, 3.8) is 0 Å². The fourth-order valence-electron chi connectivity index (χ4n) is 2.16. The molecule has 0 aromatic heterocycles. The zero-order valence-corrected chi connectivity index (χ0v) is 19.2. The maximum absolute atomic E-state index is 12.0. The molecule has 0 radical (unpaired) electrons. The van der Waals surface area contributed by atoms with Crippen LogP contribution in [0, 0.1) is 3.57 Å². The molecule has 2 rings (SSSR count). The van der Waals surface area contributed by atoms with Crippen molar-refractivity contribution in [1.29, 1.82) is 0 Å². The summed E-state index contributed by atoms with van der Waals surface area (Å²) in [7, 11) is 0. The van der Waals surface area contributed by atoms with Crippen molar-refractivity contribution < 1.29 is 41.8 Å². The van der Waals surface area contributed by atoms with E-state index in [0.29, 0.717) is 17.0 Å². The summed E-state index contributed by atoms with van der Waals surface area (Å²) in [4.78, 5) is 16.2. The lowest BCUT2D eigenvalue weighted by atomic mass is 10.1. The van der Waals surface area contributed by atoms with Crippen molar-refractivity contribution >= 4 is 46.3 Å². The lowest BCUT2D eigenvalue weighted by Gasteiger charge is -2.14. The average molecular weight is 571 g/mol. The summed E-state index contributed by atoms with van der Waals surface area (Å²) in [5.74, 6) is -0.104. The third-order valence-corrected chi connectivity index (χ3v) is 4.67. The van der Waals surface area contributed by atoms with Gasteiger partial charge in [0.15, 0.2) is 6.61 Å². The van der Waals surface area contributed by atoms with E-state index >= 15 is 0 Å². The lowest BCUT2D eigenvalue weighted by Crippen LogP contribution is -2.17. The third-order valence-electron chi connectivity index (χ3n) is 3.64. The van der Waals surface area contributed by atoms with Crippen LogP contribution in [0.5, 0.6) is 5.75 Å². The predicted octanol–water partition coefficient (Wildman–Crippen LogP) is 5.75. The summed E-state index contributed by atoms with van der Waals surface area (Å²) < 4.78 is 51.1. The van der Waals surface area contributed by atoms with Gasteiger partial charge in [-0.15, -0.1) is 4.33 Å². The van der Waals surface area contributed by atoms with Crippen LogP contribution in [-0.4, -0.2) is 23.8 Å². The minimum Gasteiger partial charge on any atom is -0.482 e. The van der Waals surface area contributed by atoms with Crippen LogP contribution in [0.1, 0.15) is 31.1 Å². The fraction of sp³-hybridized carbons (Fsp3) is 0.263. The van der Waals surface area contributed by atoms with Gasteiger partial charge in [0.05, 0.1) is 5.71 Å². The van der Waals surface area contributed by atoms with Gasteiger partial charge >= 0.3 is 11.5 Å². The first kappa shape index (κ1) is 25.2. The molecule has 2 aromatic rings. The first-order chi connectivity index (χ1) is 14.6. The van der Waals surface area contributed by atoms with Crippen molar-refractivity contribution in [2.75, 3.05) is 6.61 Å². The molecule has 1 unspecified atom stereocenters. The SMILES string of the molecule is C/C(=N\OOOSC(F)(F)F)c1ccc(OCC(=O)OC(C)c2ccc(I)cc2)cc1. The van der Waals surface area contributed by atoms with Crippen LogP contribution in [0.25, 0.3) is 0 Å². The van der Waals surface area contributed by atoms with E-state index in [-0.39, 0.29) is 6.61 Å². The van der Waals surface area contributed by atoms with Crippen LogP contribution in [0.15, 0.2) is 53.7 Å². The number of halogens is 4. The van der Waals surface area contributed by atoms with E-state index in [1.807, 2.05) is 24.3 Å². The molecule has 0 aliphatic carbocycles. The number of alkyl halides is 3. The average Bonchev–Trinajstić information content (AvgIpc) is 2.72. The molecule has 0 spiro atoms. The van der Waals surface area contributed by atoms with Crippen molar-refractivity contribution in [3.8, 4) is 5.75 Å². The minimum atomic E-state index is -4.62. The van der Waals surface area contributed by atoms with E-state index in [1.165, 1.54) is 0 Å². The van der Waals surface area contributed by atoms with Crippen LogP contribution in [0.3, 0.4) is 0 Å². The van der Waals surface area contributed by atoms with Gasteiger partial charge < -0.3 is 9.47 Å². The summed E-state index contributed by atoms with van der Waals surface area (Å²) >= 11 is 1.31. The van der Waals surface area contributed by atoms with Crippen LogP contribution in [0.4, 0.5) is 13.2 Å². The molecule has 0 saturated heterocycles. The number of ether oxygens (including phenoxy) is 2. The Hall–Kier alpha value is -2.03. The number of esters is 1. The Kier molecular flexibility index (Phi) is 9.87. The van der Waals surface area contributed by atoms with E-state index in [1.54, 1.807) is 38.1 Å². The summed E-state index contributed by atoms with van der Waals surface area (Å²) in [5.41, 5.74) is -2.86. The highest BCUT2D eigenvalue weighted by molar-refractivity contribution is 14.1. The number of hydrogen-bond donors (Lipinski definition) is 0. The topological polar surface area (TPSA) is 75.6 Å². The highest BCUT2D eigenvalue weighted by Gasteiger charge is 2.31. The largest absolute Gasteiger partial charge is 0.482 e. The third kappa shape index (κ3) is 9.76. The van der Waals surface area contributed by atoms with Gasteiger partial charge in [0.25, 0.3) is 0 Å². The Morgan fingerprint density at radius 1 is 1.13 bits per heavy atom. The molecule has 168 valence electrons. The Morgan fingerprint density at radius 2 is 1.77 bits per heavy atom. The van der Waals surface area contributed by atoms with E-state index in [4.69, 9.17) is 9.47 Å². The molecule has 0 aliphatic rings. The molecule has 12 heteroatoms. The van der Waals surface area contributed by atoms with Gasteiger partial charge in [0.1, 0.15) is 23.9 Å². The smallest absolute Gasteiger partial charge is 0.471 e. The van der Waals surface area contributed by atoms with Crippen molar-refractivity contribution in [1.82, 2.24) is 0 Å². The second-order valence-corrected chi connectivity index (χ2v) is 7.92. The van der Waals surface area contributed by atoms with Gasteiger partial charge in [-0.05, 0) is 89.1 Å². The highest BCUT2D eigenvalue weighted by Crippen LogP contribution is 2.31. The molecule has 0 fully saturated rings. The Labute approximate surface area is 194 Å². The van der Waals surface area contributed by atoms with Gasteiger partial charge in [0.2, 0.25) is 0 Å². The monoisotopic (exact) mass is 571 g/mol. The zero-order chi connectivity index (χ0) is 22.9. The molecule has 1 atom stereocenters. The molecule has 0 bridgehead atoms. The molecule has 2 aromatic carbocycles. The normalized spacial score (nSPS) is 12.9. The molecule has 7 nitrogen and oxygen atoms in total. The number of carbonyl (C=O) groups is 1. The Morgan fingerprint density at radius 3 is 2.39 bits per heavy atom. The quantitative estimate of drug-likeness (QED) is 0.0685. The Bertz CT molecular complexity index is 878. The molecule has 0 saturated carbocycles. The molecule has 0 N–H and O–H groups in total. The molecule has 0 aliphatic heterocycles. The van der Waals surface area contributed by atoms with E-state index < -0.39 is 29.6 Å². The van der Waals surface area contributed by atoms with Gasteiger partial charge in [-0.3, -0.25) is 0 Å². The van der Waals surface area contributed by atoms with Gasteiger partial charge in [-0.2, -0.15) is 18.2 Å². The van der Waals surface area contributed by atoms with Crippen molar-refractivity contribution in [3.05, 3.63) is 63.2 Å². The number of nitrogens with zero attached hydrogens (tertiary/aromatic N) is 1. The maximum Gasteiger partial charge on any atom is 0.471 e. The predicted molar refractivity (Wildman–Crippen MR) is 115 cm³/mol. The molecular weight excluding hydrogens is 554 g/mol. The second kappa shape index (κ2) is 12.1. The van der Waals surface area contributed by atoms with Gasteiger partial charge in [-0.1, -0.05) is 12.1 Å². The molecular formula is C19H17F3INO6S. The second-order valence-electron chi connectivity index (χ2n) is 5.91. The van der Waals surface area contributed by atoms with Gasteiger partial charge in [0, 0.05) is 8.61 Å². The number of hydrogen-bond acceptors (Lipinski definition) is 8. The van der Waals surface area contributed by atoms with Gasteiger partial charge in [-0.25, -0.2) is 4.79 Å². The van der Waals surface area contributed by atoms with Crippen molar-refractivity contribution in [2.24, 2.45) is 5.16 Å². The van der Waals surface area contributed by atoms with E-state index in [9.17, 15) is 18.0 Å². The molecule has 0 heterocycles. The summed E-state index contributed by atoms with van der Waals surface area (Å²) in [6.07, 6.45) is -0.407. The number of benzene rings is 2. The maximum atomic E-state index is 12.0. The summed E-state index contributed by atoms with van der Waals surface area (Å²) in [6.45, 7) is 3.04. The zero-order valence-electron chi connectivity index (χ0n) is 16.2. The lowest BCUT2D eigenvalue weighted by molar-refractivity contribution is -0.463. The number of rotatable bonds is 10. The first-order valence-corrected chi connectivity index (χ1v) is 10.4. The number of carbonyl (C=O) groups excluding carboxylic acids is 1. The minimum absolute atomic E-state index is 0.272. The van der Waals surface area contributed by atoms with Crippen LogP contribution < -0.4 is 4.74 Å². The highest BCUT2D eigenvalue weighted by atomic mass is 127. The summed E-state index contributed by atoms with van der Waals surface area (Å²) in [6, 6.07) is 14.0.